The molecule has 110 valence electrons. The van der Waals surface area contributed by atoms with E-state index < -0.39 is 0 Å². The molecule has 1 rings (SSSR count). The van der Waals surface area contributed by atoms with Gasteiger partial charge in [0.15, 0.2) is 0 Å². The first-order valence-corrected chi connectivity index (χ1v) is 6.80. The monoisotopic (exact) mass is 266 g/mol. The molecule has 0 aromatic heterocycles. The van der Waals surface area contributed by atoms with E-state index in [0.29, 0.717) is 6.61 Å². The molecule has 1 aliphatic rings. The number of methoxy groups -OCH3 is 1. The van der Waals surface area contributed by atoms with Crippen LogP contribution in [-0.4, -0.2) is 25.9 Å². The Kier molecular flexibility index (Phi) is 15.9. The topological polar surface area (TPSA) is 18.5 Å². The molecule has 1 aliphatic heterocycles. The van der Waals surface area contributed by atoms with Crippen molar-refractivity contribution in [3.05, 3.63) is 49.1 Å². The van der Waals surface area contributed by atoms with Crippen molar-refractivity contribution in [1.29, 1.82) is 0 Å². The average Bonchev–Trinajstić information content (AvgIpc) is 2.79. The minimum atomic E-state index is 0.169. The Morgan fingerprint density at radius 2 is 1.89 bits per heavy atom. The highest BCUT2D eigenvalue weighted by Gasteiger charge is 2.15. The first-order chi connectivity index (χ1) is 9.06. The first kappa shape index (κ1) is 20.2. The van der Waals surface area contributed by atoms with E-state index in [-0.39, 0.29) is 12.2 Å². The summed E-state index contributed by atoms with van der Waals surface area (Å²) in [5.74, 6) is 0. The van der Waals surface area contributed by atoms with Gasteiger partial charge in [-0.3, -0.25) is 0 Å². The van der Waals surface area contributed by atoms with E-state index in [9.17, 15) is 0 Å². The van der Waals surface area contributed by atoms with Gasteiger partial charge in [-0.1, -0.05) is 57.2 Å². The summed E-state index contributed by atoms with van der Waals surface area (Å²) in [5.41, 5.74) is 1.21. The van der Waals surface area contributed by atoms with Crippen molar-refractivity contribution in [2.75, 3.05) is 13.7 Å². The smallest absolute Gasteiger partial charge is 0.0975 e. The van der Waals surface area contributed by atoms with Crippen LogP contribution in [0.1, 0.15) is 34.1 Å². The van der Waals surface area contributed by atoms with Crippen molar-refractivity contribution in [3.8, 4) is 0 Å². The molecule has 0 amide bonds. The zero-order valence-electron chi connectivity index (χ0n) is 13.2. The number of ether oxygens (including phenoxy) is 2. The first-order valence-electron chi connectivity index (χ1n) is 6.80. The molecule has 2 unspecified atom stereocenters. The Balaban J connectivity index is 0. The van der Waals surface area contributed by atoms with Gasteiger partial charge in [0, 0.05) is 7.11 Å². The third kappa shape index (κ3) is 13.1. The van der Waals surface area contributed by atoms with Gasteiger partial charge in [-0.05, 0) is 19.4 Å². The lowest BCUT2D eigenvalue weighted by molar-refractivity contribution is 0.0925. The minimum absolute atomic E-state index is 0.169. The Bertz CT molecular complexity index is 277. The molecule has 2 atom stereocenters. The van der Waals surface area contributed by atoms with Crippen molar-refractivity contribution < 1.29 is 9.47 Å². The highest BCUT2D eigenvalue weighted by Crippen LogP contribution is 2.17. The molecule has 2 nitrogen and oxygen atoms in total. The maximum Gasteiger partial charge on any atom is 0.0975 e. The second kappa shape index (κ2) is 14.9. The number of rotatable bonds is 4. The van der Waals surface area contributed by atoms with Crippen molar-refractivity contribution in [1.82, 2.24) is 0 Å². The van der Waals surface area contributed by atoms with Crippen molar-refractivity contribution in [2.45, 2.75) is 46.3 Å². The molecule has 0 N–H and O–H groups in total. The van der Waals surface area contributed by atoms with Gasteiger partial charge < -0.3 is 9.47 Å². The lowest BCUT2D eigenvalue weighted by Crippen LogP contribution is -2.10. The van der Waals surface area contributed by atoms with Crippen LogP contribution >= 0.6 is 0 Å². The molecular formula is C17H30O2. The molecule has 0 saturated carbocycles. The van der Waals surface area contributed by atoms with Gasteiger partial charge in [-0.25, -0.2) is 0 Å². The lowest BCUT2D eigenvalue weighted by Gasteiger charge is -2.10. The van der Waals surface area contributed by atoms with E-state index in [0.717, 1.165) is 0 Å². The maximum atomic E-state index is 5.55. The molecule has 2 heteroatoms. The van der Waals surface area contributed by atoms with Crippen LogP contribution in [-0.2, 0) is 9.47 Å². The van der Waals surface area contributed by atoms with Crippen LogP contribution in [0.2, 0.25) is 0 Å². The van der Waals surface area contributed by atoms with Gasteiger partial charge in [0.1, 0.15) is 0 Å². The van der Waals surface area contributed by atoms with Crippen molar-refractivity contribution in [3.63, 3.8) is 0 Å². The summed E-state index contributed by atoms with van der Waals surface area (Å²) in [5, 5.41) is 0. The molecule has 0 fully saturated rings. The molecule has 0 bridgehead atoms. The normalized spacial score (nSPS) is 20.8. The van der Waals surface area contributed by atoms with Gasteiger partial charge >= 0.3 is 0 Å². The highest BCUT2D eigenvalue weighted by molar-refractivity contribution is 5.21. The molecule has 0 spiro atoms. The molecule has 0 radical (unpaired) electrons. The van der Waals surface area contributed by atoms with Gasteiger partial charge in [-0.2, -0.15) is 0 Å². The van der Waals surface area contributed by atoms with E-state index in [2.05, 4.69) is 50.8 Å². The molecule has 0 aromatic carbocycles. The zero-order valence-corrected chi connectivity index (χ0v) is 13.2. The third-order valence-corrected chi connectivity index (χ3v) is 2.03. The Morgan fingerprint density at radius 1 is 1.32 bits per heavy atom. The lowest BCUT2D eigenvalue weighted by atomic mass is 10.1. The maximum absolute atomic E-state index is 5.55. The summed E-state index contributed by atoms with van der Waals surface area (Å²) in [6.45, 7) is 16.1. The van der Waals surface area contributed by atoms with Gasteiger partial charge in [-0.15, -0.1) is 6.58 Å². The summed E-state index contributed by atoms with van der Waals surface area (Å²) in [6.07, 6.45) is 11.3. The third-order valence-electron chi connectivity index (χ3n) is 2.03. The summed E-state index contributed by atoms with van der Waals surface area (Å²) in [6, 6.07) is 0. The Morgan fingerprint density at radius 3 is 2.16 bits per heavy atom. The molecule has 0 aromatic rings. The second-order valence-corrected chi connectivity index (χ2v) is 4.24. The van der Waals surface area contributed by atoms with E-state index in [1.54, 1.807) is 19.3 Å². The molecule has 19 heavy (non-hydrogen) atoms. The fourth-order valence-corrected chi connectivity index (χ4v) is 1.24. The SMILES string of the molecule is C=C/C=C(\C)C1C=CC(C)O1.C=CCOC.CCC. The predicted molar refractivity (Wildman–Crippen MR) is 85.5 cm³/mol. The van der Waals surface area contributed by atoms with E-state index in [1.807, 2.05) is 13.0 Å². The summed E-state index contributed by atoms with van der Waals surface area (Å²) in [4.78, 5) is 0. The molecule has 0 aliphatic carbocycles. The highest BCUT2D eigenvalue weighted by atomic mass is 16.5. The van der Waals surface area contributed by atoms with Crippen LogP contribution in [0, 0.1) is 0 Å². The van der Waals surface area contributed by atoms with E-state index in [4.69, 9.17) is 4.74 Å². The van der Waals surface area contributed by atoms with Crippen LogP contribution < -0.4 is 0 Å². The van der Waals surface area contributed by atoms with E-state index in [1.165, 1.54) is 12.0 Å². The van der Waals surface area contributed by atoms with Crippen molar-refractivity contribution >= 4 is 0 Å². The van der Waals surface area contributed by atoms with Crippen LogP contribution in [0.25, 0.3) is 0 Å². The molecular weight excluding hydrogens is 236 g/mol. The van der Waals surface area contributed by atoms with Crippen LogP contribution in [0.15, 0.2) is 49.1 Å². The second-order valence-electron chi connectivity index (χ2n) is 4.24. The minimum Gasteiger partial charge on any atom is -0.381 e. The van der Waals surface area contributed by atoms with Crippen molar-refractivity contribution in [2.24, 2.45) is 0 Å². The number of allylic oxidation sites excluding steroid dienone is 2. The standard InChI is InChI=1S/C10H14O.C4H8O.C3H8/c1-4-5-8(2)10-7-6-9(3)11-10;1-3-4-5-2;1-3-2/h4-7,9-10H,1H2,2-3H3;3H,1,4H2,2H3;3H2,1-2H3/b8-5+;;. The fraction of sp³-hybridized carbons (Fsp3) is 0.529. The van der Waals surface area contributed by atoms with Crippen LogP contribution in [0.5, 0.6) is 0 Å². The largest absolute Gasteiger partial charge is 0.381 e. The quantitative estimate of drug-likeness (QED) is 0.542. The zero-order chi connectivity index (χ0) is 15.1. The number of hydrogen-bond donors (Lipinski definition) is 0. The summed E-state index contributed by atoms with van der Waals surface area (Å²) in [7, 11) is 1.64. The predicted octanol–water partition coefficient (Wildman–Crippen LogP) is 4.70. The molecule has 0 saturated heterocycles. The Labute approximate surface area is 119 Å². The van der Waals surface area contributed by atoms with Gasteiger partial charge in [0.2, 0.25) is 0 Å². The molecule has 1 heterocycles. The van der Waals surface area contributed by atoms with Crippen LogP contribution in [0.4, 0.5) is 0 Å². The average molecular weight is 266 g/mol. The fourth-order valence-electron chi connectivity index (χ4n) is 1.24. The van der Waals surface area contributed by atoms with Crippen LogP contribution in [0.3, 0.4) is 0 Å². The number of hydrogen-bond acceptors (Lipinski definition) is 2. The van der Waals surface area contributed by atoms with Gasteiger partial charge in [0.05, 0.1) is 18.8 Å². The van der Waals surface area contributed by atoms with E-state index >= 15 is 0 Å². The summed E-state index contributed by atoms with van der Waals surface area (Å²) >= 11 is 0. The Hall–Kier alpha value is -1.12. The van der Waals surface area contributed by atoms with Gasteiger partial charge in [0.25, 0.3) is 0 Å². The summed E-state index contributed by atoms with van der Waals surface area (Å²) < 4.78 is 10.1.